The van der Waals surface area contributed by atoms with E-state index in [2.05, 4.69) is 51.6 Å². The number of urea groups is 1. The number of carbonyl (C=O) groups is 1. The largest absolute Gasteiger partial charge is 0.398 e. The highest BCUT2D eigenvalue weighted by atomic mass is 16.2. The average Bonchev–Trinajstić information content (AvgIpc) is 3.13. The first-order chi connectivity index (χ1) is 15.8. The van der Waals surface area contributed by atoms with Crippen LogP contribution in [0.4, 0.5) is 16.3 Å². The zero-order chi connectivity index (χ0) is 23.5. The van der Waals surface area contributed by atoms with Gasteiger partial charge in [0.05, 0.1) is 11.8 Å². The molecule has 3 aromatic rings. The Bertz CT molecular complexity index is 1190. The summed E-state index contributed by atoms with van der Waals surface area (Å²) < 4.78 is 0. The highest BCUT2D eigenvalue weighted by molar-refractivity contribution is 6.13. The molecule has 0 radical (unpaired) electrons. The summed E-state index contributed by atoms with van der Waals surface area (Å²) in [7, 11) is 2.06. The Hall–Kier alpha value is -3.78. The number of hydrogen-bond acceptors (Lipinski definition) is 6. The van der Waals surface area contributed by atoms with E-state index in [0.717, 1.165) is 18.8 Å². The summed E-state index contributed by atoms with van der Waals surface area (Å²) in [6, 6.07) is 13.1. The van der Waals surface area contributed by atoms with Crippen molar-refractivity contribution in [1.82, 2.24) is 20.2 Å². The molecule has 3 heterocycles. The zero-order valence-electron chi connectivity index (χ0n) is 19.1. The van der Waals surface area contributed by atoms with Gasteiger partial charge in [-0.05, 0) is 44.2 Å². The first-order valence-corrected chi connectivity index (χ1v) is 10.9. The maximum absolute atomic E-state index is 12.8. The van der Waals surface area contributed by atoms with Crippen LogP contribution in [0.15, 0.2) is 54.9 Å². The molecule has 0 bridgehead atoms. The number of benzene rings is 1. The number of aromatic nitrogens is 2. The second-order valence-corrected chi connectivity index (χ2v) is 8.61. The molecule has 2 amide bonds. The van der Waals surface area contributed by atoms with E-state index in [1.807, 2.05) is 25.1 Å². The number of nitrogens with one attached hydrogen (secondary N) is 3. The predicted octanol–water partition coefficient (Wildman–Crippen LogP) is 3.31. The highest BCUT2D eigenvalue weighted by Crippen LogP contribution is 2.29. The minimum Gasteiger partial charge on any atom is -0.398 e. The van der Waals surface area contributed by atoms with E-state index in [4.69, 9.17) is 11.1 Å². The van der Waals surface area contributed by atoms with Gasteiger partial charge in [0.25, 0.3) is 0 Å². The highest BCUT2D eigenvalue weighted by Gasteiger charge is 2.33. The smallest absolute Gasteiger partial charge is 0.320 e. The van der Waals surface area contributed by atoms with E-state index in [-0.39, 0.29) is 23.7 Å². The number of nitrogens with zero attached hydrogens (tertiary/aromatic N) is 3. The minimum absolute atomic E-state index is 0.0178. The van der Waals surface area contributed by atoms with Crippen molar-refractivity contribution in [1.29, 1.82) is 5.41 Å². The molecule has 8 nitrogen and oxygen atoms in total. The van der Waals surface area contributed by atoms with Crippen molar-refractivity contribution in [3.63, 3.8) is 0 Å². The number of anilines is 2. The number of carbonyl (C=O) groups excluding carboxylic acids is 1. The number of pyridine rings is 2. The number of likely N-dealkylation sites (N-methyl/N-ethyl adjacent to an activating group) is 1. The Morgan fingerprint density at radius 3 is 2.67 bits per heavy atom. The normalized spacial score (nSPS) is 18.2. The van der Waals surface area contributed by atoms with E-state index in [0.29, 0.717) is 22.6 Å². The van der Waals surface area contributed by atoms with Crippen LogP contribution < -0.4 is 16.4 Å². The molecule has 1 aliphatic heterocycles. The van der Waals surface area contributed by atoms with E-state index in [1.54, 1.807) is 18.3 Å². The average molecular weight is 444 g/mol. The molecule has 33 heavy (non-hydrogen) atoms. The molecule has 8 heteroatoms. The molecule has 1 aliphatic rings. The van der Waals surface area contributed by atoms with Crippen LogP contribution in [0, 0.1) is 19.3 Å². The fourth-order valence-electron chi connectivity index (χ4n) is 4.39. The number of nitrogen functional groups attached to an aromatic ring is 1. The lowest BCUT2D eigenvalue weighted by atomic mass is 9.91. The third kappa shape index (κ3) is 5.01. The van der Waals surface area contributed by atoms with Crippen molar-refractivity contribution in [3.05, 3.63) is 82.8 Å². The number of hydrogen-bond donors (Lipinski definition) is 4. The van der Waals surface area contributed by atoms with Gasteiger partial charge in [0, 0.05) is 60.0 Å². The van der Waals surface area contributed by atoms with Crippen molar-refractivity contribution in [2.75, 3.05) is 31.2 Å². The summed E-state index contributed by atoms with van der Waals surface area (Å²) in [5.41, 5.74) is 11.3. The van der Waals surface area contributed by atoms with Gasteiger partial charge < -0.3 is 16.0 Å². The fourth-order valence-corrected chi connectivity index (χ4v) is 4.39. The van der Waals surface area contributed by atoms with Crippen LogP contribution in [0.3, 0.4) is 0 Å². The number of aryl methyl sites for hydroxylation is 2. The Morgan fingerprint density at radius 2 is 1.94 bits per heavy atom. The summed E-state index contributed by atoms with van der Waals surface area (Å²) in [6.07, 6.45) is 3.18. The molecule has 1 unspecified atom stereocenters. The molecule has 2 atom stereocenters. The quantitative estimate of drug-likeness (QED) is 0.451. The number of likely N-dealkylation sites (tertiary alicyclic amines) is 1. The summed E-state index contributed by atoms with van der Waals surface area (Å²) in [6.45, 7) is 5.62. The number of rotatable bonds is 5. The van der Waals surface area contributed by atoms with Crippen LogP contribution in [0.1, 0.15) is 33.9 Å². The standard InChI is InChI=1S/C25H29N7O/c1-15-6-4-5-7-18(15)20-13-32(3)14-22(20)30-25(33)31-23-11-21(26)19(12-29-23)24(27)17-8-9-28-16(2)10-17/h4-12,20,22,27H,13-14H2,1-3H3,(H4,26,29,30,31,33)/t20-,22?/m0/s1. The first kappa shape index (κ1) is 22.4. The lowest BCUT2D eigenvalue weighted by Crippen LogP contribution is -2.42. The fraction of sp³-hybridized carbons (Fsp3) is 0.280. The van der Waals surface area contributed by atoms with E-state index >= 15 is 0 Å². The molecule has 5 N–H and O–H groups in total. The summed E-state index contributed by atoms with van der Waals surface area (Å²) >= 11 is 0. The molecule has 1 aromatic carbocycles. The Kier molecular flexibility index (Phi) is 6.37. The molecule has 4 rings (SSSR count). The van der Waals surface area contributed by atoms with Gasteiger partial charge in [0.1, 0.15) is 5.82 Å². The first-order valence-electron chi connectivity index (χ1n) is 10.9. The third-order valence-corrected chi connectivity index (χ3v) is 6.04. The van der Waals surface area contributed by atoms with E-state index in [1.165, 1.54) is 17.3 Å². The second-order valence-electron chi connectivity index (χ2n) is 8.61. The minimum atomic E-state index is -0.326. The van der Waals surface area contributed by atoms with Gasteiger partial charge in [-0.25, -0.2) is 9.78 Å². The van der Waals surface area contributed by atoms with Gasteiger partial charge in [-0.15, -0.1) is 0 Å². The third-order valence-electron chi connectivity index (χ3n) is 6.04. The second kappa shape index (κ2) is 9.38. The number of amides is 2. The Balaban J connectivity index is 1.45. The van der Waals surface area contributed by atoms with Crippen LogP contribution >= 0.6 is 0 Å². The van der Waals surface area contributed by atoms with Crippen molar-refractivity contribution in [2.24, 2.45) is 0 Å². The maximum Gasteiger partial charge on any atom is 0.320 e. The van der Waals surface area contributed by atoms with Crippen LogP contribution in [0.5, 0.6) is 0 Å². The topological polar surface area (TPSA) is 120 Å². The molecular formula is C25H29N7O. The molecule has 1 saturated heterocycles. The van der Waals surface area contributed by atoms with Crippen LogP contribution in [-0.2, 0) is 0 Å². The molecule has 0 saturated carbocycles. The molecule has 2 aromatic heterocycles. The van der Waals surface area contributed by atoms with Gasteiger partial charge in [0.2, 0.25) is 0 Å². The summed E-state index contributed by atoms with van der Waals surface area (Å²) in [5, 5.41) is 14.3. The van der Waals surface area contributed by atoms with Crippen molar-refractivity contribution in [3.8, 4) is 0 Å². The lowest BCUT2D eigenvalue weighted by molar-refractivity contribution is 0.247. The molecule has 170 valence electrons. The Morgan fingerprint density at radius 1 is 1.15 bits per heavy atom. The molecule has 0 spiro atoms. The molecule has 0 aliphatic carbocycles. The monoisotopic (exact) mass is 443 g/mol. The van der Waals surface area contributed by atoms with Gasteiger partial charge in [-0.2, -0.15) is 0 Å². The maximum atomic E-state index is 12.8. The zero-order valence-corrected chi connectivity index (χ0v) is 19.1. The SMILES string of the molecule is Cc1cc(C(=N)c2cnc(NC(=O)NC3CN(C)C[C@H]3c3ccccc3C)cc2N)ccn1. The van der Waals surface area contributed by atoms with Crippen LogP contribution in [0.25, 0.3) is 0 Å². The summed E-state index contributed by atoms with van der Waals surface area (Å²) in [4.78, 5) is 23.4. The van der Waals surface area contributed by atoms with Gasteiger partial charge in [0.15, 0.2) is 0 Å². The van der Waals surface area contributed by atoms with Gasteiger partial charge >= 0.3 is 6.03 Å². The molecular weight excluding hydrogens is 414 g/mol. The van der Waals surface area contributed by atoms with Crippen LogP contribution in [0.2, 0.25) is 0 Å². The Labute approximate surface area is 193 Å². The van der Waals surface area contributed by atoms with Gasteiger partial charge in [-0.1, -0.05) is 24.3 Å². The van der Waals surface area contributed by atoms with Gasteiger partial charge in [-0.3, -0.25) is 15.7 Å². The van der Waals surface area contributed by atoms with E-state index in [9.17, 15) is 4.79 Å². The van der Waals surface area contributed by atoms with Crippen molar-refractivity contribution < 1.29 is 4.79 Å². The van der Waals surface area contributed by atoms with Crippen LogP contribution in [-0.4, -0.2) is 52.8 Å². The van der Waals surface area contributed by atoms with E-state index < -0.39 is 0 Å². The predicted molar refractivity (Wildman–Crippen MR) is 131 cm³/mol. The summed E-state index contributed by atoms with van der Waals surface area (Å²) in [5.74, 6) is 0.554. The number of nitrogens with two attached hydrogens (primary N) is 1. The van der Waals surface area contributed by atoms with Crippen molar-refractivity contribution in [2.45, 2.75) is 25.8 Å². The van der Waals surface area contributed by atoms with Crippen molar-refractivity contribution >= 4 is 23.2 Å². The lowest BCUT2D eigenvalue weighted by Gasteiger charge is -2.22. The molecule has 1 fully saturated rings.